The van der Waals surface area contributed by atoms with Gasteiger partial charge in [-0.05, 0) is 31.6 Å². The number of phenolic OH excluding ortho intramolecular Hbond substituents is 1. The highest BCUT2D eigenvalue weighted by Crippen LogP contribution is 2.30. The summed E-state index contributed by atoms with van der Waals surface area (Å²) < 4.78 is 15.5. The van der Waals surface area contributed by atoms with Crippen LogP contribution in [0.5, 0.6) is 5.75 Å². The first-order valence-corrected chi connectivity index (χ1v) is 9.45. The van der Waals surface area contributed by atoms with Crippen molar-refractivity contribution in [3.63, 3.8) is 0 Å². The Balaban J connectivity index is 2.00. The van der Waals surface area contributed by atoms with Crippen molar-refractivity contribution < 1.29 is 33.7 Å². The van der Waals surface area contributed by atoms with E-state index in [0.29, 0.717) is 17.8 Å². The van der Waals surface area contributed by atoms with Crippen LogP contribution < -0.4 is 5.32 Å². The molecule has 0 unspecified atom stereocenters. The second kappa shape index (κ2) is 8.81. The van der Waals surface area contributed by atoms with Gasteiger partial charge in [0.15, 0.2) is 11.9 Å². The zero-order valence-electron chi connectivity index (χ0n) is 16.2. The standard InChI is InChI=1S/C21H23NO7/c1-3-22-14-10-13-7-5-9-17-19(29-21(26)28-17)15(23)8-4-6-12(2)27-20(25)18(13)16(24)11-14/h4-5,7-8,10-12,17,19,22,24H,3,6,9H2,1-2H3/b7-5+,8-4-/t12-,17-,19+/m0/s1. The summed E-state index contributed by atoms with van der Waals surface area (Å²) in [5, 5.41) is 13.5. The Hall–Kier alpha value is -3.29. The van der Waals surface area contributed by atoms with Gasteiger partial charge in [0, 0.05) is 31.1 Å². The highest BCUT2D eigenvalue weighted by molar-refractivity contribution is 5.98. The van der Waals surface area contributed by atoms with E-state index in [4.69, 9.17) is 14.2 Å². The zero-order chi connectivity index (χ0) is 21.0. The first-order chi connectivity index (χ1) is 13.9. The van der Waals surface area contributed by atoms with Gasteiger partial charge in [-0.3, -0.25) is 4.79 Å². The number of phenols is 1. The van der Waals surface area contributed by atoms with E-state index >= 15 is 0 Å². The largest absolute Gasteiger partial charge is 0.509 e. The van der Waals surface area contributed by atoms with Crippen LogP contribution >= 0.6 is 0 Å². The predicted molar refractivity (Wildman–Crippen MR) is 105 cm³/mol. The summed E-state index contributed by atoms with van der Waals surface area (Å²) in [6.45, 7) is 4.22. The first kappa shape index (κ1) is 20.4. The van der Waals surface area contributed by atoms with Gasteiger partial charge in [-0.25, -0.2) is 9.59 Å². The third kappa shape index (κ3) is 4.77. The number of rotatable bonds is 2. The third-order valence-electron chi connectivity index (χ3n) is 4.55. The molecule has 29 heavy (non-hydrogen) atoms. The molecule has 1 saturated heterocycles. The SMILES string of the molecule is CCNc1cc(O)c2c(c1)/C=C/C[C@@H]1OC(=O)O[C@@H]1C(=O)/C=C\C[C@H](C)OC2=O. The number of benzene rings is 1. The maximum atomic E-state index is 12.6. The van der Waals surface area contributed by atoms with E-state index in [-0.39, 0.29) is 24.2 Å². The number of cyclic esters (lactones) is 1. The molecule has 0 spiro atoms. The second-order valence-corrected chi connectivity index (χ2v) is 6.83. The molecular formula is C21H23NO7. The number of hydrogen-bond acceptors (Lipinski definition) is 8. The summed E-state index contributed by atoms with van der Waals surface area (Å²) in [6.07, 6.45) is 3.41. The number of aromatic hydroxyl groups is 1. The fourth-order valence-corrected chi connectivity index (χ4v) is 3.20. The van der Waals surface area contributed by atoms with E-state index in [0.717, 1.165) is 0 Å². The van der Waals surface area contributed by atoms with E-state index in [9.17, 15) is 19.5 Å². The van der Waals surface area contributed by atoms with Crippen LogP contribution in [-0.2, 0) is 19.0 Å². The molecule has 3 rings (SSSR count). The van der Waals surface area contributed by atoms with Gasteiger partial charge in [0.1, 0.15) is 17.4 Å². The van der Waals surface area contributed by atoms with E-state index < -0.39 is 36.2 Å². The number of ketones is 1. The minimum Gasteiger partial charge on any atom is -0.507 e. The molecule has 2 aliphatic heterocycles. The van der Waals surface area contributed by atoms with E-state index in [1.54, 1.807) is 31.2 Å². The monoisotopic (exact) mass is 401 g/mol. The first-order valence-electron chi connectivity index (χ1n) is 9.45. The molecule has 0 amide bonds. The van der Waals surface area contributed by atoms with Gasteiger partial charge in [0.2, 0.25) is 6.10 Å². The number of fused-ring (bicyclic) bond motifs is 2. The van der Waals surface area contributed by atoms with Crippen LogP contribution in [-0.4, -0.2) is 47.9 Å². The maximum absolute atomic E-state index is 12.6. The third-order valence-corrected chi connectivity index (χ3v) is 4.55. The number of esters is 1. The lowest BCUT2D eigenvalue weighted by molar-refractivity contribution is -0.122. The van der Waals surface area contributed by atoms with Crippen LogP contribution in [0.1, 0.15) is 42.6 Å². The summed E-state index contributed by atoms with van der Waals surface area (Å²) in [6, 6.07) is 3.18. The van der Waals surface area contributed by atoms with Crippen LogP contribution in [0.25, 0.3) is 6.08 Å². The van der Waals surface area contributed by atoms with Crippen molar-refractivity contribution in [2.24, 2.45) is 0 Å². The highest BCUT2D eigenvalue weighted by atomic mass is 16.8. The van der Waals surface area contributed by atoms with Crippen molar-refractivity contribution in [3.8, 4) is 5.75 Å². The van der Waals surface area contributed by atoms with Gasteiger partial charge in [0.05, 0.1) is 0 Å². The summed E-state index contributed by atoms with van der Waals surface area (Å²) in [5.41, 5.74) is 1.13. The van der Waals surface area contributed by atoms with Crippen LogP contribution in [0.4, 0.5) is 10.5 Å². The van der Waals surface area contributed by atoms with Crippen LogP contribution in [0, 0.1) is 0 Å². The minimum atomic E-state index is -1.02. The fraction of sp³-hybridized carbons (Fsp3) is 0.381. The molecule has 2 heterocycles. The van der Waals surface area contributed by atoms with Crippen molar-refractivity contribution in [1.82, 2.24) is 0 Å². The molecule has 3 atom stereocenters. The molecular weight excluding hydrogens is 378 g/mol. The number of nitrogens with one attached hydrogen (secondary N) is 1. The van der Waals surface area contributed by atoms with E-state index in [1.165, 1.54) is 12.1 Å². The lowest BCUT2D eigenvalue weighted by atomic mass is 10.0. The van der Waals surface area contributed by atoms with Crippen LogP contribution in [0.3, 0.4) is 0 Å². The quantitative estimate of drug-likeness (QED) is 0.727. The van der Waals surface area contributed by atoms with Gasteiger partial charge < -0.3 is 24.6 Å². The van der Waals surface area contributed by atoms with E-state index in [1.807, 2.05) is 6.92 Å². The van der Waals surface area contributed by atoms with Gasteiger partial charge in [-0.15, -0.1) is 0 Å². The molecule has 8 heteroatoms. The molecule has 1 aromatic carbocycles. The van der Waals surface area contributed by atoms with Crippen molar-refractivity contribution in [3.05, 3.63) is 41.5 Å². The Morgan fingerprint density at radius 2 is 1.83 bits per heavy atom. The average Bonchev–Trinajstić information content (AvgIpc) is 3.01. The molecule has 1 aromatic rings. The van der Waals surface area contributed by atoms with Gasteiger partial charge in [-0.2, -0.15) is 0 Å². The van der Waals surface area contributed by atoms with E-state index in [2.05, 4.69) is 5.32 Å². The van der Waals surface area contributed by atoms with Gasteiger partial charge >= 0.3 is 12.1 Å². The summed E-state index contributed by atoms with van der Waals surface area (Å²) >= 11 is 0. The zero-order valence-corrected chi connectivity index (χ0v) is 16.2. The van der Waals surface area contributed by atoms with Crippen molar-refractivity contribution in [2.75, 3.05) is 11.9 Å². The topological polar surface area (TPSA) is 111 Å². The lowest BCUT2D eigenvalue weighted by Gasteiger charge is -2.16. The highest BCUT2D eigenvalue weighted by Gasteiger charge is 2.39. The van der Waals surface area contributed by atoms with Crippen molar-refractivity contribution in [2.45, 2.75) is 45.0 Å². The smallest absolute Gasteiger partial charge is 0.507 e. The number of anilines is 1. The van der Waals surface area contributed by atoms with Crippen LogP contribution in [0.15, 0.2) is 30.4 Å². The lowest BCUT2D eigenvalue weighted by Crippen LogP contribution is -2.29. The number of ether oxygens (including phenoxy) is 3. The Labute approximate surface area is 168 Å². The normalized spacial score (nSPS) is 26.8. The Kier molecular flexibility index (Phi) is 6.21. The molecule has 0 saturated carbocycles. The Bertz CT molecular complexity index is 874. The molecule has 0 radical (unpaired) electrons. The Morgan fingerprint density at radius 1 is 1.07 bits per heavy atom. The molecule has 1 fully saturated rings. The summed E-state index contributed by atoms with van der Waals surface area (Å²) in [5.74, 6) is -1.26. The summed E-state index contributed by atoms with van der Waals surface area (Å²) in [7, 11) is 0. The van der Waals surface area contributed by atoms with Crippen LogP contribution in [0.2, 0.25) is 0 Å². The number of hydrogen-bond donors (Lipinski definition) is 2. The molecule has 2 aliphatic rings. The molecule has 8 nitrogen and oxygen atoms in total. The van der Waals surface area contributed by atoms with Crippen molar-refractivity contribution in [1.29, 1.82) is 0 Å². The second-order valence-electron chi connectivity index (χ2n) is 6.83. The molecule has 2 N–H and O–H groups in total. The van der Waals surface area contributed by atoms with Gasteiger partial charge in [0.25, 0.3) is 0 Å². The molecule has 154 valence electrons. The van der Waals surface area contributed by atoms with Gasteiger partial charge in [-0.1, -0.05) is 18.2 Å². The number of carbonyl (C=O) groups excluding carboxylic acids is 3. The fourth-order valence-electron chi connectivity index (χ4n) is 3.20. The Morgan fingerprint density at radius 3 is 2.59 bits per heavy atom. The van der Waals surface area contributed by atoms with Crippen molar-refractivity contribution >= 4 is 29.7 Å². The molecule has 0 aliphatic carbocycles. The number of carbonyl (C=O) groups is 3. The molecule has 0 aromatic heterocycles. The maximum Gasteiger partial charge on any atom is 0.509 e. The minimum absolute atomic E-state index is 0.0445. The average molecular weight is 401 g/mol. The predicted octanol–water partition coefficient (Wildman–Crippen LogP) is 3.21. The molecule has 0 bridgehead atoms. The summed E-state index contributed by atoms with van der Waals surface area (Å²) in [4.78, 5) is 36.5.